The number of rotatable bonds is 10. The van der Waals surface area contributed by atoms with Gasteiger partial charge in [0.2, 0.25) is 0 Å². The molecule has 3 rings (SSSR count). The summed E-state index contributed by atoms with van der Waals surface area (Å²) in [5, 5.41) is 2.40. The third-order valence-electron chi connectivity index (χ3n) is 5.06. The fourth-order valence-corrected chi connectivity index (χ4v) is 3.75. The van der Waals surface area contributed by atoms with Gasteiger partial charge in [-0.2, -0.15) is 13.2 Å². The number of amides is 2. The second-order valence-electron chi connectivity index (χ2n) is 7.63. The van der Waals surface area contributed by atoms with E-state index < -0.39 is 59.4 Å². The molecule has 0 spiro atoms. The van der Waals surface area contributed by atoms with Crippen molar-refractivity contribution >= 4 is 27.9 Å². The summed E-state index contributed by atoms with van der Waals surface area (Å²) >= 11 is 3.18. The van der Waals surface area contributed by atoms with Crippen LogP contribution in [0.4, 0.5) is 26.7 Å². The number of ether oxygens (including phenoxy) is 3. The first kappa shape index (κ1) is 28.9. The molecule has 0 aliphatic heterocycles. The summed E-state index contributed by atoms with van der Waals surface area (Å²) in [6, 6.07) is 7.24. The molecule has 8 nitrogen and oxygen atoms in total. The lowest BCUT2D eigenvalue weighted by atomic mass is 10.1. The Morgan fingerprint density at radius 3 is 2.42 bits per heavy atom. The molecule has 0 fully saturated rings. The van der Waals surface area contributed by atoms with Crippen LogP contribution in [0.2, 0.25) is 0 Å². The van der Waals surface area contributed by atoms with E-state index in [2.05, 4.69) is 21.2 Å². The Balaban J connectivity index is 1.93. The highest BCUT2D eigenvalue weighted by atomic mass is 79.9. The molecule has 0 bridgehead atoms. The minimum absolute atomic E-state index is 0.0409. The number of alkyl carbamates (subject to hydrolysis) is 1. The van der Waals surface area contributed by atoms with Gasteiger partial charge in [-0.15, -0.1) is 0 Å². The lowest BCUT2D eigenvalue weighted by Gasteiger charge is -2.18. The van der Waals surface area contributed by atoms with E-state index in [-0.39, 0.29) is 23.6 Å². The van der Waals surface area contributed by atoms with Gasteiger partial charge in [-0.25, -0.2) is 13.6 Å². The van der Waals surface area contributed by atoms with Crippen molar-refractivity contribution in [2.75, 3.05) is 26.9 Å². The van der Waals surface area contributed by atoms with E-state index in [1.807, 2.05) is 0 Å². The first-order valence-electron chi connectivity index (χ1n) is 10.7. The maximum Gasteiger partial charge on any atom is 0.416 e. The molecule has 1 unspecified atom stereocenters. The normalized spacial score (nSPS) is 12.2. The Morgan fingerprint density at radius 2 is 1.82 bits per heavy atom. The summed E-state index contributed by atoms with van der Waals surface area (Å²) in [6.07, 6.45) is -6.74. The highest BCUT2D eigenvalue weighted by Gasteiger charge is 2.31. The van der Waals surface area contributed by atoms with Gasteiger partial charge in [-0.1, -0.05) is 12.1 Å². The average Bonchev–Trinajstić information content (AvgIpc) is 3.24. The number of primary amides is 1. The molecule has 0 radical (unpaired) electrons. The zero-order chi connectivity index (χ0) is 28.0. The maximum absolute atomic E-state index is 14.8. The Hall–Kier alpha value is -3.65. The molecule has 2 amide bonds. The number of carbonyl (C=O) groups excluding carboxylic acids is 2. The van der Waals surface area contributed by atoms with Gasteiger partial charge < -0.3 is 29.7 Å². The van der Waals surface area contributed by atoms with Crippen molar-refractivity contribution in [2.45, 2.75) is 12.3 Å². The first-order chi connectivity index (χ1) is 17.9. The van der Waals surface area contributed by atoms with Crippen LogP contribution in [0.1, 0.15) is 27.8 Å². The molecular weight excluding hydrogens is 587 g/mol. The quantitative estimate of drug-likeness (QED) is 0.229. The van der Waals surface area contributed by atoms with Crippen molar-refractivity contribution in [2.24, 2.45) is 5.73 Å². The number of furan rings is 1. The summed E-state index contributed by atoms with van der Waals surface area (Å²) in [6.45, 7) is -0.221. The van der Waals surface area contributed by atoms with Gasteiger partial charge in [0.15, 0.2) is 22.3 Å². The number of hydrogen-bond acceptors (Lipinski definition) is 6. The molecule has 0 aliphatic rings. The molecule has 204 valence electrons. The van der Waals surface area contributed by atoms with E-state index >= 15 is 0 Å². The topological polar surface area (TPSA) is 113 Å². The van der Waals surface area contributed by atoms with E-state index in [0.717, 1.165) is 24.3 Å². The second kappa shape index (κ2) is 12.3. The van der Waals surface area contributed by atoms with E-state index in [0.29, 0.717) is 11.1 Å². The van der Waals surface area contributed by atoms with Gasteiger partial charge in [0.25, 0.3) is 5.91 Å². The predicted octanol–water partition coefficient (Wildman–Crippen LogP) is 5.60. The fourth-order valence-electron chi connectivity index (χ4n) is 3.22. The number of nitrogens with two attached hydrogens (primary N) is 1. The van der Waals surface area contributed by atoms with Crippen molar-refractivity contribution in [3.8, 4) is 16.9 Å². The van der Waals surface area contributed by atoms with Gasteiger partial charge in [0, 0.05) is 19.2 Å². The number of halogens is 6. The summed E-state index contributed by atoms with van der Waals surface area (Å²) in [5.41, 5.74) is 3.80. The van der Waals surface area contributed by atoms with Crippen molar-refractivity contribution in [3.63, 3.8) is 0 Å². The van der Waals surface area contributed by atoms with Crippen molar-refractivity contribution in [1.82, 2.24) is 5.32 Å². The molecule has 14 heteroatoms. The van der Waals surface area contributed by atoms with Gasteiger partial charge in [-0.3, -0.25) is 4.79 Å². The number of methoxy groups -OCH3 is 1. The largest absolute Gasteiger partial charge is 0.476 e. The summed E-state index contributed by atoms with van der Waals surface area (Å²) in [4.78, 5) is 23.5. The third-order valence-corrected chi connectivity index (χ3v) is 5.65. The lowest BCUT2D eigenvalue weighted by Crippen LogP contribution is -2.29. The maximum atomic E-state index is 14.8. The third kappa shape index (κ3) is 7.01. The molecular formula is C24H20BrF5N2O6. The Labute approximate surface area is 221 Å². The van der Waals surface area contributed by atoms with Crippen LogP contribution in [-0.4, -0.2) is 38.9 Å². The van der Waals surface area contributed by atoms with Gasteiger partial charge >= 0.3 is 12.3 Å². The molecule has 1 atom stereocenters. The number of benzene rings is 2. The Morgan fingerprint density at radius 1 is 1.13 bits per heavy atom. The highest BCUT2D eigenvalue weighted by molar-refractivity contribution is 9.10. The first-order valence-corrected chi connectivity index (χ1v) is 11.5. The number of hydrogen-bond donors (Lipinski definition) is 2. The van der Waals surface area contributed by atoms with Crippen LogP contribution in [0, 0.1) is 11.6 Å². The van der Waals surface area contributed by atoms with Crippen LogP contribution >= 0.6 is 15.9 Å². The molecule has 2 aromatic carbocycles. The summed E-state index contributed by atoms with van der Waals surface area (Å²) in [7, 11) is 1.43. The smallest absolute Gasteiger partial charge is 0.416 e. The van der Waals surface area contributed by atoms with E-state index in [4.69, 9.17) is 24.4 Å². The minimum atomic E-state index is -4.53. The number of alkyl halides is 3. The average molecular weight is 607 g/mol. The zero-order valence-electron chi connectivity index (χ0n) is 19.5. The monoisotopic (exact) mass is 606 g/mol. The second-order valence-corrected chi connectivity index (χ2v) is 8.35. The fraction of sp³-hybridized carbons (Fsp3) is 0.250. The van der Waals surface area contributed by atoms with Crippen LogP contribution in [0.25, 0.3) is 11.1 Å². The van der Waals surface area contributed by atoms with Crippen LogP contribution in [-0.2, 0) is 15.7 Å². The van der Waals surface area contributed by atoms with Crippen molar-refractivity contribution in [1.29, 1.82) is 0 Å². The molecule has 0 saturated heterocycles. The SMILES string of the molecule is COCCNC(=O)OCC(Oc1ccc(F)c(C(N)=O)c1F)c1cc(-c2ccc(C(F)(F)F)cc2)c(Br)o1. The van der Waals surface area contributed by atoms with E-state index in [1.165, 1.54) is 25.3 Å². The minimum Gasteiger partial charge on any atom is -0.476 e. The van der Waals surface area contributed by atoms with Crippen molar-refractivity contribution in [3.05, 3.63) is 75.7 Å². The predicted molar refractivity (Wildman–Crippen MR) is 126 cm³/mol. The summed E-state index contributed by atoms with van der Waals surface area (Å²) < 4.78 is 88.7. The molecule has 3 N–H and O–H groups in total. The molecule has 38 heavy (non-hydrogen) atoms. The molecule has 0 saturated carbocycles. The Kier molecular flexibility index (Phi) is 9.33. The van der Waals surface area contributed by atoms with Gasteiger partial charge in [0.1, 0.15) is 23.7 Å². The molecule has 0 aliphatic carbocycles. The number of carbonyl (C=O) groups is 2. The standard InChI is InChI=1S/C24H20BrF5N2O6/c1-35-9-8-32-23(34)36-11-18(37-16-7-6-15(26)19(20(16)27)22(31)33)17-10-14(21(25)38-17)12-2-4-13(5-3-12)24(28,29)30/h2-7,10,18H,8-9,11H2,1H3,(H2,31,33)(H,32,34). The lowest BCUT2D eigenvalue weighted by molar-refractivity contribution is -0.137. The van der Waals surface area contributed by atoms with E-state index in [1.54, 1.807) is 0 Å². The molecule has 3 aromatic rings. The van der Waals surface area contributed by atoms with Crippen LogP contribution < -0.4 is 15.8 Å². The molecule has 1 aromatic heterocycles. The highest BCUT2D eigenvalue weighted by Crippen LogP contribution is 2.38. The number of nitrogens with one attached hydrogen (secondary N) is 1. The summed E-state index contributed by atoms with van der Waals surface area (Å²) in [5.74, 6) is -4.61. The Bertz CT molecular complexity index is 1300. The van der Waals surface area contributed by atoms with Crippen molar-refractivity contribution < 1.29 is 50.2 Å². The van der Waals surface area contributed by atoms with E-state index in [9.17, 15) is 31.5 Å². The van der Waals surface area contributed by atoms with Crippen LogP contribution in [0.3, 0.4) is 0 Å². The van der Waals surface area contributed by atoms with Crippen LogP contribution in [0.5, 0.6) is 5.75 Å². The van der Waals surface area contributed by atoms with Crippen LogP contribution in [0.15, 0.2) is 51.6 Å². The zero-order valence-corrected chi connectivity index (χ0v) is 21.1. The molecule has 1 heterocycles. The van der Waals surface area contributed by atoms with Gasteiger partial charge in [0.05, 0.1) is 12.2 Å². The van der Waals surface area contributed by atoms with Gasteiger partial charge in [-0.05, 0) is 51.8 Å².